The summed E-state index contributed by atoms with van der Waals surface area (Å²) in [5.41, 5.74) is 1.57. The Balaban J connectivity index is 2.19. The number of nitrogens with zero attached hydrogens (tertiary/aromatic N) is 1. The Hall–Kier alpha value is -0.930. The molecule has 14 heavy (non-hydrogen) atoms. The minimum absolute atomic E-state index is 0.522. The monoisotopic (exact) mass is 205 g/mol. The number of aliphatic hydroxyl groups is 1. The van der Waals surface area contributed by atoms with Crippen molar-refractivity contribution >= 4 is 21.6 Å². The van der Waals surface area contributed by atoms with Crippen molar-refractivity contribution in [1.82, 2.24) is 4.98 Å². The van der Waals surface area contributed by atoms with Gasteiger partial charge in [-0.05, 0) is 37.5 Å². The second kappa shape index (κ2) is 2.55. The van der Waals surface area contributed by atoms with Crippen molar-refractivity contribution in [2.45, 2.75) is 25.4 Å². The molecule has 3 rings (SSSR count). The molecule has 0 atom stereocenters. The largest absolute Gasteiger partial charge is 0.385 e. The molecule has 72 valence electrons. The van der Waals surface area contributed by atoms with Crippen LogP contribution in [-0.4, -0.2) is 10.1 Å². The van der Waals surface area contributed by atoms with E-state index in [-0.39, 0.29) is 0 Å². The van der Waals surface area contributed by atoms with Crippen LogP contribution in [0.1, 0.15) is 23.4 Å². The average molecular weight is 205 g/mol. The number of hydrogen-bond donors (Lipinski definition) is 1. The summed E-state index contributed by atoms with van der Waals surface area (Å²) in [6, 6.07) is 6.08. The van der Waals surface area contributed by atoms with Gasteiger partial charge < -0.3 is 5.11 Å². The maximum absolute atomic E-state index is 9.95. The van der Waals surface area contributed by atoms with Crippen molar-refractivity contribution in [3.05, 3.63) is 28.8 Å². The van der Waals surface area contributed by atoms with Crippen LogP contribution in [0.5, 0.6) is 0 Å². The molecule has 0 unspecified atom stereocenters. The van der Waals surface area contributed by atoms with E-state index in [9.17, 15) is 5.11 Å². The lowest BCUT2D eigenvalue weighted by atomic mass is 10.1. The highest BCUT2D eigenvalue weighted by Gasteiger charge is 2.42. The molecule has 1 heterocycles. The molecule has 0 aliphatic heterocycles. The van der Waals surface area contributed by atoms with Gasteiger partial charge in [0.05, 0.1) is 20.8 Å². The first-order chi connectivity index (χ1) is 6.67. The van der Waals surface area contributed by atoms with Gasteiger partial charge in [0.1, 0.15) is 0 Å². The van der Waals surface area contributed by atoms with Gasteiger partial charge >= 0.3 is 0 Å². The van der Waals surface area contributed by atoms with Crippen LogP contribution >= 0.6 is 11.3 Å². The van der Waals surface area contributed by atoms with Gasteiger partial charge in [0.2, 0.25) is 0 Å². The van der Waals surface area contributed by atoms with Crippen LogP contribution in [0.4, 0.5) is 0 Å². The average Bonchev–Trinajstić information content (AvgIpc) is 2.79. The highest BCUT2D eigenvalue weighted by Crippen LogP contribution is 2.46. The van der Waals surface area contributed by atoms with Crippen LogP contribution in [0.3, 0.4) is 0 Å². The molecule has 0 saturated heterocycles. The Morgan fingerprint density at radius 1 is 1.43 bits per heavy atom. The maximum Gasteiger partial charge on any atom is 0.0907 e. The Morgan fingerprint density at radius 2 is 2.21 bits per heavy atom. The van der Waals surface area contributed by atoms with E-state index in [4.69, 9.17) is 0 Å². The van der Waals surface area contributed by atoms with E-state index in [1.165, 1.54) is 4.70 Å². The number of aromatic nitrogens is 1. The predicted molar refractivity (Wildman–Crippen MR) is 57.5 cm³/mol. The van der Waals surface area contributed by atoms with Crippen LogP contribution in [0.25, 0.3) is 10.2 Å². The van der Waals surface area contributed by atoms with Crippen molar-refractivity contribution in [2.75, 3.05) is 0 Å². The van der Waals surface area contributed by atoms with E-state index in [2.05, 4.69) is 11.1 Å². The summed E-state index contributed by atoms with van der Waals surface area (Å²) < 4.78 is 1.18. The van der Waals surface area contributed by atoms with Crippen molar-refractivity contribution < 1.29 is 5.11 Å². The first kappa shape index (κ1) is 8.38. The predicted octanol–water partition coefficient (Wildman–Crippen LogP) is 2.59. The lowest BCUT2D eigenvalue weighted by Crippen LogP contribution is -2.02. The summed E-state index contributed by atoms with van der Waals surface area (Å²) in [4.78, 5) is 4.39. The minimum Gasteiger partial charge on any atom is -0.385 e. The summed E-state index contributed by atoms with van der Waals surface area (Å²) in [5, 5.41) is 11.0. The summed E-state index contributed by atoms with van der Waals surface area (Å²) in [5.74, 6) is 0. The van der Waals surface area contributed by atoms with E-state index in [0.717, 1.165) is 28.9 Å². The summed E-state index contributed by atoms with van der Waals surface area (Å²) in [6.07, 6.45) is 1.80. The number of hydrogen-bond acceptors (Lipinski definition) is 3. The fourth-order valence-electron chi connectivity index (χ4n) is 1.74. The SMILES string of the molecule is Cc1nc2ccc(C3(O)CC3)cc2s1. The van der Waals surface area contributed by atoms with Crippen molar-refractivity contribution in [3.8, 4) is 0 Å². The molecule has 0 amide bonds. The normalized spacial score (nSPS) is 18.7. The minimum atomic E-state index is -0.522. The van der Waals surface area contributed by atoms with Crippen molar-refractivity contribution in [3.63, 3.8) is 0 Å². The molecule has 1 fully saturated rings. The second-order valence-electron chi connectivity index (χ2n) is 3.95. The molecule has 1 aliphatic rings. The highest BCUT2D eigenvalue weighted by atomic mass is 32.1. The lowest BCUT2D eigenvalue weighted by molar-refractivity contribution is 0.151. The molecular weight excluding hydrogens is 194 g/mol. The lowest BCUT2D eigenvalue weighted by Gasteiger charge is -2.06. The molecule has 2 aromatic rings. The van der Waals surface area contributed by atoms with Gasteiger partial charge in [0, 0.05) is 0 Å². The maximum atomic E-state index is 9.95. The van der Waals surface area contributed by atoms with E-state index in [1.54, 1.807) is 11.3 Å². The molecule has 1 N–H and O–H groups in total. The molecule has 1 aliphatic carbocycles. The van der Waals surface area contributed by atoms with Crippen molar-refractivity contribution in [1.29, 1.82) is 0 Å². The van der Waals surface area contributed by atoms with Crippen molar-refractivity contribution in [2.24, 2.45) is 0 Å². The summed E-state index contributed by atoms with van der Waals surface area (Å²) in [7, 11) is 0. The quantitative estimate of drug-likeness (QED) is 0.776. The third kappa shape index (κ3) is 1.16. The molecule has 0 bridgehead atoms. The molecule has 1 saturated carbocycles. The van der Waals surface area contributed by atoms with Crippen LogP contribution in [0, 0.1) is 6.92 Å². The zero-order chi connectivity index (χ0) is 9.76. The number of aryl methyl sites for hydroxylation is 1. The molecule has 1 aromatic carbocycles. The van der Waals surface area contributed by atoms with E-state index in [1.807, 2.05) is 19.1 Å². The Labute approximate surface area is 86.2 Å². The van der Waals surface area contributed by atoms with Crippen LogP contribution < -0.4 is 0 Å². The Bertz CT molecular complexity index is 499. The van der Waals surface area contributed by atoms with Gasteiger partial charge in [-0.1, -0.05) is 6.07 Å². The van der Waals surface area contributed by atoms with E-state index < -0.39 is 5.60 Å². The number of fused-ring (bicyclic) bond motifs is 1. The molecular formula is C11H11NOS. The first-order valence-electron chi connectivity index (χ1n) is 4.77. The Morgan fingerprint density at radius 3 is 2.93 bits per heavy atom. The van der Waals surface area contributed by atoms with Gasteiger partial charge in [0.15, 0.2) is 0 Å². The first-order valence-corrected chi connectivity index (χ1v) is 5.59. The molecule has 0 spiro atoms. The zero-order valence-electron chi connectivity index (χ0n) is 7.95. The number of benzene rings is 1. The van der Waals surface area contributed by atoms with Crippen LogP contribution in [0.2, 0.25) is 0 Å². The van der Waals surface area contributed by atoms with E-state index >= 15 is 0 Å². The molecule has 3 heteroatoms. The Kier molecular flexibility index (Phi) is 1.53. The van der Waals surface area contributed by atoms with Crippen LogP contribution in [-0.2, 0) is 5.60 Å². The fraction of sp³-hybridized carbons (Fsp3) is 0.364. The molecule has 0 radical (unpaired) electrons. The smallest absolute Gasteiger partial charge is 0.0907 e. The van der Waals surface area contributed by atoms with Gasteiger partial charge in [-0.15, -0.1) is 11.3 Å². The van der Waals surface area contributed by atoms with Gasteiger partial charge in [0.25, 0.3) is 0 Å². The standard InChI is InChI=1S/C11H11NOS/c1-7-12-9-3-2-8(6-10(9)14-7)11(13)4-5-11/h2-3,6,13H,4-5H2,1H3. The topological polar surface area (TPSA) is 33.1 Å². The van der Waals surface area contributed by atoms with Crippen LogP contribution in [0.15, 0.2) is 18.2 Å². The van der Waals surface area contributed by atoms with Gasteiger partial charge in [-0.3, -0.25) is 0 Å². The number of rotatable bonds is 1. The number of thiazole rings is 1. The third-order valence-electron chi connectivity index (χ3n) is 2.76. The van der Waals surface area contributed by atoms with E-state index in [0.29, 0.717) is 0 Å². The third-order valence-corrected chi connectivity index (χ3v) is 3.69. The molecule has 2 nitrogen and oxygen atoms in total. The highest BCUT2D eigenvalue weighted by molar-refractivity contribution is 7.18. The van der Waals surface area contributed by atoms with Gasteiger partial charge in [-0.2, -0.15) is 0 Å². The second-order valence-corrected chi connectivity index (χ2v) is 5.18. The molecule has 1 aromatic heterocycles. The summed E-state index contributed by atoms with van der Waals surface area (Å²) in [6.45, 7) is 2.01. The van der Waals surface area contributed by atoms with Gasteiger partial charge in [-0.25, -0.2) is 4.98 Å². The fourth-order valence-corrected chi connectivity index (χ4v) is 2.60. The zero-order valence-corrected chi connectivity index (χ0v) is 8.77. The summed E-state index contributed by atoms with van der Waals surface area (Å²) >= 11 is 1.69.